The van der Waals surface area contributed by atoms with E-state index in [4.69, 9.17) is 0 Å². The molecule has 0 aromatic carbocycles. The molecular weight excluding hydrogens is 130 g/mol. The molecule has 0 aromatic rings. The summed E-state index contributed by atoms with van der Waals surface area (Å²) >= 11 is 0. The molecular formula is H3BBrNaO. The summed E-state index contributed by atoms with van der Waals surface area (Å²) in [5, 5.41) is 0. The Bertz CT molecular complexity index is 8.00. The molecule has 20 valence electrons. The van der Waals surface area contributed by atoms with Crippen molar-refractivity contribution in [2.45, 2.75) is 0 Å². The molecule has 4 heavy (non-hydrogen) atoms. The largest absolute Gasteiger partial charge is 0.412 e. The maximum Gasteiger partial charge on any atom is 0 e. The standard InChI is InChI=1S/B.BrH.Na.H2O/h;1H;;1H2. The molecule has 0 aliphatic rings. The van der Waals surface area contributed by atoms with Gasteiger partial charge < -0.3 is 5.48 Å². The topological polar surface area (TPSA) is 31.5 Å². The van der Waals surface area contributed by atoms with E-state index in [0.29, 0.717) is 0 Å². The van der Waals surface area contributed by atoms with E-state index in [2.05, 4.69) is 0 Å². The average Bonchev–Trinajstić information content (AvgIpc) is 0. The number of rotatable bonds is 0. The Morgan fingerprint density at radius 2 is 1.00 bits per heavy atom. The number of hydrogen-bond donors (Lipinski definition) is 0. The van der Waals surface area contributed by atoms with Gasteiger partial charge in [-0.25, -0.2) is 0 Å². The van der Waals surface area contributed by atoms with Crippen LogP contribution in [0.25, 0.3) is 0 Å². The van der Waals surface area contributed by atoms with E-state index < -0.39 is 0 Å². The van der Waals surface area contributed by atoms with Crippen LogP contribution in [0.2, 0.25) is 0 Å². The van der Waals surface area contributed by atoms with Crippen molar-refractivity contribution in [2.24, 2.45) is 0 Å². The summed E-state index contributed by atoms with van der Waals surface area (Å²) in [6.45, 7) is 0. The molecule has 0 fully saturated rings. The van der Waals surface area contributed by atoms with E-state index in [9.17, 15) is 0 Å². The zero-order chi connectivity index (χ0) is 0. The molecule has 2 N–H and O–H groups in total. The normalized spacial score (nSPS) is 0. The van der Waals surface area contributed by atoms with Gasteiger partial charge in [0.1, 0.15) is 0 Å². The summed E-state index contributed by atoms with van der Waals surface area (Å²) in [5.74, 6) is 0. The van der Waals surface area contributed by atoms with E-state index in [1.165, 1.54) is 0 Å². The summed E-state index contributed by atoms with van der Waals surface area (Å²) in [6.07, 6.45) is 0. The summed E-state index contributed by atoms with van der Waals surface area (Å²) in [4.78, 5) is 0. The third kappa shape index (κ3) is 9.71. The molecule has 0 spiro atoms. The van der Waals surface area contributed by atoms with Gasteiger partial charge in [-0.3, -0.25) is 0 Å². The van der Waals surface area contributed by atoms with Crippen molar-refractivity contribution in [3.63, 3.8) is 0 Å². The van der Waals surface area contributed by atoms with E-state index in [0.717, 1.165) is 0 Å². The molecule has 0 saturated carbocycles. The van der Waals surface area contributed by atoms with Crippen LogP contribution in [-0.2, 0) is 0 Å². The minimum absolute atomic E-state index is 0. The van der Waals surface area contributed by atoms with Gasteiger partial charge in [-0.2, -0.15) is 0 Å². The van der Waals surface area contributed by atoms with Crippen LogP contribution in [0.3, 0.4) is 0 Å². The van der Waals surface area contributed by atoms with Crippen molar-refractivity contribution in [3.8, 4) is 0 Å². The van der Waals surface area contributed by atoms with Crippen LogP contribution in [0, 0.1) is 0 Å². The Kier molecular flexibility index (Phi) is 301. The summed E-state index contributed by atoms with van der Waals surface area (Å²) in [7, 11) is 0. The Hall–Kier alpha value is 1.50. The molecule has 0 saturated heterocycles. The van der Waals surface area contributed by atoms with Crippen molar-refractivity contribution in [3.05, 3.63) is 0 Å². The zero-order valence-corrected chi connectivity index (χ0v) is 6.20. The Morgan fingerprint density at radius 3 is 1.00 bits per heavy atom. The molecule has 0 unspecified atom stereocenters. The second-order valence-electron chi connectivity index (χ2n) is 0. The minimum atomic E-state index is 0. The van der Waals surface area contributed by atoms with Gasteiger partial charge in [0.2, 0.25) is 0 Å². The second-order valence-corrected chi connectivity index (χ2v) is 0. The van der Waals surface area contributed by atoms with Crippen LogP contribution < -0.4 is 0 Å². The predicted octanol–water partition coefficient (Wildman–Crippen LogP) is -1.01. The fourth-order valence-corrected chi connectivity index (χ4v) is 0. The van der Waals surface area contributed by atoms with Crippen LogP contribution in [-0.4, -0.2) is 43.4 Å². The van der Waals surface area contributed by atoms with E-state index >= 15 is 0 Å². The van der Waals surface area contributed by atoms with E-state index in [-0.39, 0.29) is 60.4 Å². The monoisotopic (exact) mass is 132 g/mol. The first-order valence-corrected chi connectivity index (χ1v) is 0. The third-order valence-electron chi connectivity index (χ3n) is 0. The average molecular weight is 133 g/mol. The first kappa shape index (κ1) is 49.3. The van der Waals surface area contributed by atoms with E-state index in [1.807, 2.05) is 0 Å². The van der Waals surface area contributed by atoms with Crippen molar-refractivity contribution in [1.82, 2.24) is 0 Å². The quantitative estimate of drug-likeness (QED) is 0.379. The maximum absolute atomic E-state index is 0. The van der Waals surface area contributed by atoms with Crippen LogP contribution >= 0.6 is 17.0 Å². The van der Waals surface area contributed by atoms with Crippen LogP contribution in [0.5, 0.6) is 0 Å². The SMILES string of the molecule is Br.O.[B].[Na]. The molecule has 0 aliphatic heterocycles. The minimum Gasteiger partial charge on any atom is -0.412 e. The molecule has 0 aliphatic carbocycles. The second kappa shape index (κ2) is 24.4. The molecule has 0 atom stereocenters. The molecule has 4 radical (unpaired) electrons. The Balaban J connectivity index is 0. The van der Waals surface area contributed by atoms with Crippen LogP contribution in [0.1, 0.15) is 0 Å². The Labute approximate surface area is 60.1 Å². The zero-order valence-electron chi connectivity index (χ0n) is 2.49. The number of hydrogen-bond acceptors (Lipinski definition) is 0. The fourth-order valence-electron chi connectivity index (χ4n) is 0. The van der Waals surface area contributed by atoms with Crippen molar-refractivity contribution >= 4 is 55.0 Å². The van der Waals surface area contributed by atoms with Gasteiger partial charge in [0.05, 0.1) is 0 Å². The number of halogens is 1. The molecule has 1 nitrogen and oxygen atoms in total. The van der Waals surface area contributed by atoms with Gasteiger partial charge in [0.25, 0.3) is 0 Å². The first-order chi connectivity index (χ1) is 0. The van der Waals surface area contributed by atoms with Gasteiger partial charge in [-0.15, -0.1) is 17.0 Å². The van der Waals surface area contributed by atoms with Crippen LogP contribution in [0.15, 0.2) is 0 Å². The summed E-state index contributed by atoms with van der Waals surface area (Å²) in [5.41, 5.74) is 0. The molecule has 0 aromatic heterocycles. The third-order valence-corrected chi connectivity index (χ3v) is 0. The molecule has 0 rings (SSSR count). The molecule has 0 bridgehead atoms. The van der Waals surface area contributed by atoms with E-state index in [1.54, 1.807) is 0 Å². The Morgan fingerprint density at radius 1 is 1.00 bits per heavy atom. The fraction of sp³-hybridized carbons (Fsp3) is 0. The molecule has 0 amide bonds. The van der Waals surface area contributed by atoms with Crippen molar-refractivity contribution in [2.75, 3.05) is 0 Å². The van der Waals surface area contributed by atoms with Gasteiger partial charge in [-0.1, -0.05) is 0 Å². The van der Waals surface area contributed by atoms with Gasteiger partial charge in [0, 0.05) is 38.0 Å². The van der Waals surface area contributed by atoms with Gasteiger partial charge >= 0.3 is 0 Å². The summed E-state index contributed by atoms with van der Waals surface area (Å²) in [6, 6.07) is 0. The smallest absolute Gasteiger partial charge is 0 e. The molecule has 4 heteroatoms. The van der Waals surface area contributed by atoms with Crippen molar-refractivity contribution in [1.29, 1.82) is 0 Å². The molecule has 0 heterocycles. The van der Waals surface area contributed by atoms with Gasteiger partial charge in [-0.05, 0) is 0 Å². The predicted molar refractivity (Wildman–Crippen MR) is 25.4 cm³/mol. The van der Waals surface area contributed by atoms with Gasteiger partial charge in [0.15, 0.2) is 0 Å². The van der Waals surface area contributed by atoms with Crippen molar-refractivity contribution < 1.29 is 5.48 Å². The van der Waals surface area contributed by atoms with Crippen LogP contribution in [0.4, 0.5) is 0 Å². The summed E-state index contributed by atoms with van der Waals surface area (Å²) < 4.78 is 0. The first-order valence-electron chi connectivity index (χ1n) is 0. The maximum atomic E-state index is 0.